The molecule has 3 aromatic heterocycles. The molecule has 3 aromatic rings. The molecule has 2 aliphatic rings. The van der Waals surface area contributed by atoms with Crippen LogP contribution in [0.1, 0.15) is 36.9 Å². The molecule has 1 saturated heterocycles. The van der Waals surface area contributed by atoms with E-state index in [1.54, 1.807) is 12.4 Å². The lowest BCUT2D eigenvalue weighted by Gasteiger charge is -2.10. The lowest BCUT2D eigenvalue weighted by atomic mass is 10.1. The van der Waals surface area contributed by atoms with Gasteiger partial charge in [-0.3, -0.25) is 4.68 Å². The van der Waals surface area contributed by atoms with Crippen molar-refractivity contribution in [3.05, 3.63) is 48.5 Å². The van der Waals surface area contributed by atoms with Gasteiger partial charge in [-0.2, -0.15) is 10.2 Å². The number of nitrogens with one attached hydrogen (secondary N) is 1. The molecule has 27 heavy (non-hydrogen) atoms. The number of nitrogens with zero attached hydrogens (tertiary/aromatic N) is 5. The van der Waals surface area contributed by atoms with Crippen molar-refractivity contribution in [2.45, 2.75) is 31.2 Å². The van der Waals surface area contributed by atoms with Gasteiger partial charge < -0.3 is 14.8 Å². The Morgan fingerprint density at radius 1 is 1.15 bits per heavy atom. The summed E-state index contributed by atoms with van der Waals surface area (Å²) in [5.74, 6) is 3.07. The molecule has 0 aromatic carbocycles. The average molecular weight is 364 g/mol. The molecule has 5 rings (SSSR count). The molecular weight excluding hydrogens is 344 g/mol. The minimum atomic E-state index is 0.291. The van der Waals surface area contributed by atoms with Gasteiger partial charge in [0.15, 0.2) is 11.6 Å². The highest BCUT2D eigenvalue weighted by Crippen LogP contribution is 2.40. The van der Waals surface area contributed by atoms with E-state index in [1.807, 2.05) is 35.1 Å². The normalized spacial score (nSPS) is 19.2. The molecule has 0 spiro atoms. The summed E-state index contributed by atoms with van der Waals surface area (Å²) in [5.41, 5.74) is 0.986. The number of pyridine rings is 1. The van der Waals surface area contributed by atoms with Gasteiger partial charge >= 0.3 is 0 Å². The van der Waals surface area contributed by atoms with Gasteiger partial charge in [-0.15, -0.1) is 5.10 Å². The van der Waals surface area contributed by atoms with E-state index in [4.69, 9.17) is 14.6 Å². The van der Waals surface area contributed by atoms with E-state index in [0.29, 0.717) is 36.0 Å². The predicted octanol–water partition coefficient (Wildman–Crippen LogP) is 3.44. The second-order valence-corrected chi connectivity index (χ2v) is 6.86. The molecule has 138 valence electrons. The Labute approximate surface area is 156 Å². The standard InChI is InChI=1S/C19H20N6O2/c1-2-17(23-21-7-1)22-18-10-15(5-8-20-18)27-16-11-25(14-3-4-14)24-19(16)13-6-9-26-12-13/h1-2,5,7-8,10-11,13-14H,3-4,6,9,12H2,(H,20,22,23). The minimum absolute atomic E-state index is 0.291. The first-order valence-electron chi connectivity index (χ1n) is 9.20. The van der Waals surface area contributed by atoms with Gasteiger partial charge in [0.1, 0.15) is 17.3 Å². The fraction of sp³-hybridized carbons (Fsp3) is 0.368. The van der Waals surface area contributed by atoms with Gasteiger partial charge in [0, 0.05) is 31.0 Å². The van der Waals surface area contributed by atoms with Crippen LogP contribution in [-0.4, -0.2) is 38.2 Å². The highest BCUT2D eigenvalue weighted by atomic mass is 16.5. The second kappa shape index (κ2) is 6.96. The summed E-state index contributed by atoms with van der Waals surface area (Å²) < 4.78 is 13.8. The smallest absolute Gasteiger partial charge is 0.168 e. The summed E-state index contributed by atoms with van der Waals surface area (Å²) in [6, 6.07) is 7.84. The molecule has 1 aliphatic heterocycles. The molecule has 0 bridgehead atoms. The number of aromatic nitrogens is 5. The topological polar surface area (TPSA) is 87.0 Å². The van der Waals surface area contributed by atoms with Crippen molar-refractivity contribution in [1.82, 2.24) is 25.0 Å². The number of anilines is 2. The van der Waals surface area contributed by atoms with Crippen LogP contribution in [0.2, 0.25) is 0 Å². The van der Waals surface area contributed by atoms with Crippen molar-refractivity contribution in [1.29, 1.82) is 0 Å². The maximum absolute atomic E-state index is 6.20. The van der Waals surface area contributed by atoms with Gasteiger partial charge in [-0.1, -0.05) is 0 Å². The first-order valence-corrected chi connectivity index (χ1v) is 9.20. The molecule has 4 heterocycles. The molecule has 1 N–H and O–H groups in total. The Balaban J connectivity index is 1.39. The Morgan fingerprint density at radius 2 is 2.11 bits per heavy atom. The van der Waals surface area contributed by atoms with Gasteiger partial charge in [0.25, 0.3) is 0 Å². The van der Waals surface area contributed by atoms with E-state index in [0.717, 1.165) is 24.5 Å². The van der Waals surface area contributed by atoms with Crippen molar-refractivity contribution in [2.75, 3.05) is 18.5 Å². The first-order chi connectivity index (χ1) is 13.3. The summed E-state index contributed by atoms with van der Waals surface area (Å²) in [5, 5.41) is 15.8. The maximum atomic E-state index is 6.20. The molecule has 1 unspecified atom stereocenters. The van der Waals surface area contributed by atoms with Crippen molar-refractivity contribution in [3.8, 4) is 11.5 Å². The second-order valence-electron chi connectivity index (χ2n) is 6.86. The van der Waals surface area contributed by atoms with Crippen LogP contribution in [0.25, 0.3) is 0 Å². The monoisotopic (exact) mass is 364 g/mol. The van der Waals surface area contributed by atoms with E-state index in [-0.39, 0.29) is 0 Å². The number of hydrogen-bond donors (Lipinski definition) is 1. The van der Waals surface area contributed by atoms with Crippen LogP contribution >= 0.6 is 0 Å². The van der Waals surface area contributed by atoms with Crippen LogP contribution in [0.3, 0.4) is 0 Å². The van der Waals surface area contributed by atoms with Crippen molar-refractivity contribution in [2.24, 2.45) is 0 Å². The maximum Gasteiger partial charge on any atom is 0.168 e. The third-order valence-electron chi connectivity index (χ3n) is 4.75. The summed E-state index contributed by atoms with van der Waals surface area (Å²) in [6.07, 6.45) is 8.70. The van der Waals surface area contributed by atoms with Gasteiger partial charge in [0.2, 0.25) is 0 Å². The summed E-state index contributed by atoms with van der Waals surface area (Å²) in [4.78, 5) is 4.32. The van der Waals surface area contributed by atoms with Gasteiger partial charge in [-0.25, -0.2) is 4.98 Å². The molecule has 0 radical (unpaired) electrons. The Bertz CT molecular complexity index is 919. The summed E-state index contributed by atoms with van der Waals surface area (Å²) in [7, 11) is 0. The minimum Gasteiger partial charge on any atom is -0.454 e. The third-order valence-corrected chi connectivity index (χ3v) is 4.75. The predicted molar refractivity (Wildman–Crippen MR) is 98.3 cm³/mol. The Kier molecular flexibility index (Phi) is 4.17. The van der Waals surface area contributed by atoms with Crippen LogP contribution in [0.15, 0.2) is 42.9 Å². The zero-order valence-corrected chi connectivity index (χ0v) is 14.8. The summed E-state index contributed by atoms with van der Waals surface area (Å²) >= 11 is 0. The molecular formula is C19H20N6O2. The Morgan fingerprint density at radius 3 is 2.89 bits per heavy atom. The van der Waals surface area contributed by atoms with E-state index in [1.165, 1.54) is 12.8 Å². The van der Waals surface area contributed by atoms with E-state index >= 15 is 0 Å². The summed E-state index contributed by atoms with van der Waals surface area (Å²) in [6.45, 7) is 1.48. The molecule has 0 amide bonds. The quantitative estimate of drug-likeness (QED) is 0.717. The number of ether oxygens (including phenoxy) is 2. The molecule has 1 atom stereocenters. The molecule has 8 nitrogen and oxygen atoms in total. The average Bonchev–Trinajstić information content (AvgIpc) is 3.23. The van der Waals surface area contributed by atoms with E-state index in [9.17, 15) is 0 Å². The van der Waals surface area contributed by atoms with E-state index < -0.39 is 0 Å². The highest BCUT2D eigenvalue weighted by molar-refractivity contribution is 5.53. The molecule has 8 heteroatoms. The Hall–Kier alpha value is -3.00. The van der Waals surface area contributed by atoms with Crippen LogP contribution < -0.4 is 10.1 Å². The van der Waals surface area contributed by atoms with Crippen LogP contribution in [0.5, 0.6) is 11.5 Å². The van der Waals surface area contributed by atoms with E-state index in [2.05, 4.69) is 20.5 Å². The fourth-order valence-electron chi connectivity index (χ4n) is 3.20. The number of hydrogen-bond acceptors (Lipinski definition) is 7. The van der Waals surface area contributed by atoms with Crippen LogP contribution in [-0.2, 0) is 4.74 Å². The van der Waals surface area contributed by atoms with Gasteiger partial charge in [0.05, 0.1) is 18.8 Å². The molecule has 1 aliphatic carbocycles. The SMILES string of the molecule is c1cnnc(Nc2cc(Oc3cn(C4CC4)nc3C3CCOC3)ccn2)c1. The molecule has 1 saturated carbocycles. The zero-order valence-electron chi connectivity index (χ0n) is 14.8. The fourth-order valence-corrected chi connectivity index (χ4v) is 3.20. The van der Waals surface area contributed by atoms with Crippen LogP contribution in [0, 0.1) is 0 Å². The molecule has 2 fully saturated rings. The number of rotatable bonds is 6. The zero-order chi connectivity index (χ0) is 18.1. The third kappa shape index (κ3) is 3.61. The van der Waals surface area contributed by atoms with Crippen molar-refractivity contribution < 1.29 is 9.47 Å². The van der Waals surface area contributed by atoms with Crippen molar-refractivity contribution >= 4 is 11.6 Å². The van der Waals surface area contributed by atoms with Crippen molar-refractivity contribution in [3.63, 3.8) is 0 Å². The lowest BCUT2D eigenvalue weighted by molar-refractivity contribution is 0.193. The lowest BCUT2D eigenvalue weighted by Crippen LogP contribution is -2.02. The van der Waals surface area contributed by atoms with Crippen LogP contribution in [0.4, 0.5) is 11.6 Å². The first kappa shape index (κ1) is 16.2. The largest absolute Gasteiger partial charge is 0.454 e. The highest BCUT2D eigenvalue weighted by Gasteiger charge is 2.30. The van der Waals surface area contributed by atoms with Gasteiger partial charge in [-0.05, 0) is 37.5 Å².